The van der Waals surface area contributed by atoms with Crippen molar-refractivity contribution in [3.05, 3.63) is 58.3 Å². The second-order valence-corrected chi connectivity index (χ2v) is 5.29. The van der Waals surface area contributed by atoms with Crippen molar-refractivity contribution in [1.29, 1.82) is 0 Å². The minimum Gasteiger partial charge on any atom is -0.450 e. The lowest BCUT2D eigenvalue weighted by atomic mass is 10.2. The highest BCUT2D eigenvalue weighted by atomic mass is 16.6. The van der Waals surface area contributed by atoms with Gasteiger partial charge in [-0.25, -0.2) is 9.78 Å². The van der Waals surface area contributed by atoms with Crippen LogP contribution in [-0.2, 0) is 11.3 Å². The van der Waals surface area contributed by atoms with Gasteiger partial charge in [-0.3, -0.25) is 10.1 Å². The van der Waals surface area contributed by atoms with Crippen molar-refractivity contribution in [2.45, 2.75) is 26.3 Å². The van der Waals surface area contributed by atoms with Crippen molar-refractivity contribution >= 4 is 23.3 Å². The highest BCUT2D eigenvalue weighted by molar-refractivity contribution is 5.67. The highest BCUT2D eigenvalue weighted by Gasteiger charge is 2.13. The summed E-state index contributed by atoms with van der Waals surface area (Å²) in [6, 6.07) is 10.0. The first-order valence-corrected chi connectivity index (χ1v) is 7.96. The highest BCUT2D eigenvalue weighted by Crippen LogP contribution is 2.24. The number of nitrogens with one attached hydrogen (secondary N) is 2. The maximum Gasteiger partial charge on any atom is 0.407 e. The first-order valence-electron chi connectivity index (χ1n) is 7.96. The predicted molar refractivity (Wildman–Crippen MR) is 93.7 cm³/mol. The van der Waals surface area contributed by atoms with Gasteiger partial charge in [-0.1, -0.05) is 25.5 Å². The molecule has 2 N–H and O–H groups in total. The van der Waals surface area contributed by atoms with Crippen molar-refractivity contribution in [3.8, 4) is 0 Å². The van der Waals surface area contributed by atoms with E-state index < -0.39 is 11.0 Å². The Kier molecular flexibility index (Phi) is 6.70. The Labute approximate surface area is 145 Å². The van der Waals surface area contributed by atoms with E-state index in [1.54, 1.807) is 12.1 Å². The zero-order valence-corrected chi connectivity index (χ0v) is 13.9. The molecule has 0 bridgehead atoms. The van der Waals surface area contributed by atoms with Crippen LogP contribution >= 0.6 is 0 Å². The summed E-state index contributed by atoms with van der Waals surface area (Å²) in [5.41, 5.74) is 1.45. The van der Waals surface area contributed by atoms with Crippen molar-refractivity contribution < 1.29 is 14.5 Å². The molecule has 0 unspecified atom stereocenters. The van der Waals surface area contributed by atoms with Gasteiger partial charge in [0.05, 0.1) is 11.5 Å². The fraction of sp³-hybridized carbons (Fsp3) is 0.294. The molecule has 8 nitrogen and oxygen atoms in total. The molecular weight excluding hydrogens is 324 g/mol. The number of hydrogen-bond donors (Lipinski definition) is 2. The molecule has 1 heterocycles. The van der Waals surface area contributed by atoms with E-state index in [9.17, 15) is 14.9 Å². The van der Waals surface area contributed by atoms with Gasteiger partial charge in [0.25, 0.3) is 0 Å². The molecule has 0 saturated carbocycles. The minimum atomic E-state index is -0.488. The Morgan fingerprint density at radius 3 is 2.72 bits per heavy atom. The number of aromatic nitrogens is 1. The lowest BCUT2D eigenvalue weighted by Crippen LogP contribution is -2.24. The summed E-state index contributed by atoms with van der Waals surface area (Å²) in [5, 5.41) is 16.6. The second kappa shape index (κ2) is 9.21. The zero-order chi connectivity index (χ0) is 18.1. The number of rotatable bonds is 8. The molecule has 1 aromatic carbocycles. The van der Waals surface area contributed by atoms with E-state index in [0.29, 0.717) is 18.8 Å². The number of hydrogen-bond acceptors (Lipinski definition) is 6. The van der Waals surface area contributed by atoms with Gasteiger partial charge >= 0.3 is 11.8 Å². The van der Waals surface area contributed by atoms with Gasteiger partial charge in [0.15, 0.2) is 0 Å². The largest absolute Gasteiger partial charge is 0.450 e. The third-order valence-electron chi connectivity index (χ3n) is 3.37. The Balaban J connectivity index is 1.90. The van der Waals surface area contributed by atoms with Crippen molar-refractivity contribution in [2.75, 3.05) is 11.9 Å². The molecule has 1 aromatic heterocycles. The molecule has 25 heavy (non-hydrogen) atoms. The number of carbonyl (C=O) groups is 1. The molecule has 0 radical (unpaired) electrons. The maximum atomic E-state index is 11.5. The molecule has 0 saturated heterocycles. The third-order valence-corrected chi connectivity index (χ3v) is 3.37. The van der Waals surface area contributed by atoms with Gasteiger partial charge in [0.2, 0.25) is 5.82 Å². The molecule has 0 aliphatic heterocycles. The summed E-state index contributed by atoms with van der Waals surface area (Å²) in [5.74, 6) is 0.179. The maximum absolute atomic E-state index is 11.5. The van der Waals surface area contributed by atoms with E-state index in [2.05, 4.69) is 15.6 Å². The summed E-state index contributed by atoms with van der Waals surface area (Å²) in [6.45, 7) is 2.78. The average Bonchev–Trinajstić information content (AvgIpc) is 2.61. The number of benzene rings is 1. The van der Waals surface area contributed by atoms with Crippen molar-refractivity contribution in [1.82, 2.24) is 10.3 Å². The molecule has 2 rings (SSSR count). The average molecular weight is 344 g/mol. The first kappa shape index (κ1) is 18.2. The molecule has 0 aliphatic rings. The van der Waals surface area contributed by atoms with Crippen LogP contribution in [0.4, 0.5) is 22.0 Å². The number of nitro groups is 1. The smallest absolute Gasteiger partial charge is 0.407 e. The van der Waals surface area contributed by atoms with E-state index in [1.807, 2.05) is 19.1 Å². The summed E-state index contributed by atoms with van der Waals surface area (Å²) in [4.78, 5) is 26.0. The lowest BCUT2D eigenvalue weighted by Gasteiger charge is -2.08. The van der Waals surface area contributed by atoms with E-state index >= 15 is 0 Å². The van der Waals surface area contributed by atoms with E-state index in [1.165, 1.54) is 18.3 Å². The Morgan fingerprint density at radius 2 is 2.04 bits per heavy atom. The Bertz CT molecular complexity index is 719. The minimum absolute atomic E-state index is 0.0944. The predicted octanol–water partition coefficient (Wildman–Crippen LogP) is 3.76. The van der Waals surface area contributed by atoms with Gasteiger partial charge in [0.1, 0.15) is 0 Å². The van der Waals surface area contributed by atoms with Crippen LogP contribution in [0.15, 0.2) is 42.6 Å². The number of unbranched alkanes of at least 4 members (excludes halogenated alkanes) is 1. The number of alkyl carbamates (subject to hydrolysis) is 1. The third kappa shape index (κ3) is 5.76. The lowest BCUT2D eigenvalue weighted by molar-refractivity contribution is -0.384. The van der Waals surface area contributed by atoms with E-state index in [-0.39, 0.29) is 11.5 Å². The van der Waals surface area contributed by atoms with E-state index in [4.69, 9.17) is 4.74 Å². The molecule has 2 aromatic rings. The van der Waals surface area contributed by atoms with Gasteiger partial charge < -0.3 is 15.4 Å². The number of carbonyl (C=O) groups excluding carboxylic acids is 1. The van der Waals surface area contributed by atoms with Crippen molar-refractivity contribution in [3.63, 3.8) is 0 Å². The summed E-state index contributed by atoms with van der Waals surface area (Å²) in [6.07, 6.45) is 2.85. The van der Waals surface area contributed by atoms with Gasteiger partial charge in [0, 0.05) is 24.5 Å². The molecule has 132 valence electrons. The molecule has 8 heteroatoms. The van der Waals surface area contributed by atoms with Crippen LogP contribution in [0.25, 0.3) is 0 Å². The SMILES string of the molecule is CCCCOC(=O)NCc1ccc(Nc2ncccc2[N+](=O)[O-])cc1. The molecule has 0 fully saturated rings. The van der Waals surface area contributed by atoms with Crippen LogP contribution in [-0.4, -0.2) is 22.6 Å². The van der Waals surface area contributed by atoms with Gasteiger partial charge in [-0.2, -0.15) is 0 Å². The monoisotopic (exact) mass is 344 g/mol. The number of ether oxygens (including phenoxy) is 1. The van der Waals surface area contributed by atoms with Crippen LogP contribution in [0.2, 0.25) is 0 Å². The summed E-state index contributed by atoms with van der Waals surface area (Å²) >= 11 is 0. The molecule has 0 spiro atoms. The molecule has 0 aliphatic carbocycles. The fourth-order valence-electron chi connectivity index (χ4n) is 2.02. The van der Waals surface area contributed by atoms with Gasteiger partial charge in [-0.05, 0) is 30.2 Å². The van der Waals surface area contributed by atoms with Crippen LogP contribution in [0, 0.1) is 10.1 Å². The number of anilines is 2. The van der Waals surface area contributed by atoms with Gasteiger partial charge in [-0.15, -0.1) is 0 Å². The molecule has 0 atom stereocenters. The summed E-state index contributed by atoms with van der Waals surface area (Å²) < 4.78 is 5.01. The van der Waals surface area contributed by atoms with E-state index in [0.717, 1.165) is 18.4 Å². The topological polar surface area (TPSA) is 106 Å². The number of nitrogens with zero attached hydrogens (tertiary/aromatic N) is 2. The Morgan fingerprint density at radius 1 is 1.28 bits per heavy atom. The van der Waals surface area contributed by atoms with Crippen LogP contribution in [0.5, 0.6) is 0 Å². The van der Waals surface area contributed by atoms with Crippen LogP contribution in [0.1, 0.15) is 25.3 Å². The standard InChI is InChI=1S/C17H20N4O4/c1-2-3-11-25-17(22)19-12-13-6-8-14(9-7-13)20-16-15(21(23)24)5-4-10-18-16/h4-10H,2-3,11-12H2,1H3,(H,18,20)(H,19,22). The zero-order valence-electron chi connectivity index (χ0n) is 13.9. The summed E-state index contributed by atoms with van der Waals surface area (Å²) in [7, 11) is 0. The molecular formula is C17H20N4O4. The quantitative estimate of drug-likeness (QED) is 0.429. The normalized spacial score (nSPS) is 10.1. The first-order chi connectivity index (χ1) is 12.1. The van der Waals surface area contributed by atoms with Crippen LogP contribution < -0.4 is 10.6 Å². The number of pyridine rings is 1. The second-order valence-electron chi connectivity index (χ2n) is 5.29. The van der Waals surface area contributed by atoms with Crippen molar-refractivity contribution in [2.24, 2.45) is 0 Å². The Hall–Kier alpha value is -3.16. The fourth-order valence-corrected chi connectivity index (χ4v) is 2.02. The number of amides is 1. The van der Waals surface area contributed by atoms with Crippen LogP contribution in [0.3, 0.4) is 0 Å². The molecule has 1 amide bonds.